The second kappa shape index (κ2) is 8.32. The number of aromatic nitrogens is 3. The van der Waals surface area contributed by atoms with Gasteiger partial charge in [-0.15, -0.1) is 0 Å². The minimum Gasteiger partial charge on any atom is -0.366 e. The molecule has 0 bridgehead atoms. The third-order valence-electron chi connectivity index (χ3n) is 6.07. The summed E-state index contributed by atoms with van der Waals surface area (Å²) < 4.78 is 2.21. The second-order valence-corrected chi connectivity index (χ2v) is 8.20. The van der Waals surface area contributed by atoms with E-state index in [9.17, 15) is 4.79 Å². The van der Waals surface area contributed by atoms with Crippen molar-refractivity contribution in [3.63, 3.8) is 0 Å². The van der Waals surface area contributed by atoms with Crippen molar-refractivity contribution in [1.29, 1.82) is 0 Å². The average Bonchev–Trinajstić information content (AvgIpc) is 3.44. The fourth-order valence-corrected chi connectivity index (χ4v) is 4.46. The molecule has 1 aliphatic rings. The number of amides is 1. The van der Waals surface area contributed by atoms with E-state index in [-0.39, 0.29) is 5.92 Å². The topological polar surface area (TPSA) is 77.0 Å². The van der Waals surface area contributed by atoms with Gasteiger partial charge in [-0.3, -0.25) is 14.7 Å². The maximum atomic E-state index is 12.0. The predicted molar refractivity (Wildman–Crippen MR) is 121 cm³/mol. The zero-order valence-corrected chi connectivity index (χ0v) is 17.3. The minimum absolute atomic E-state index is 0.285. The van der Waals surface area contributed by atoms with Gasteiger partial charge in [0.2, 0.25) is 5.91 Å². The molecule has 2 aromatic carbocycles. The van der Waals surface area contributed by atoms with Crippen LogP contribution in [0.4, 0.5) is 0 Å². The number of benzene rings is 2. The van der Waals surface area contributed by atoms with E-state index in [1.54, 1.807) is 0 Å². The zero-order valence-electron chi connectivity index (χ0n) is 17.3. The molecule has 4 aromatic rings. The monoisotopic (exact) mass is 411 g/mol. The number of hydrogen-bond donors (Lipinski definition) is 1. The van der Waals surface area contributed by atoms with Gasteiger partial charge in [-0.2, -0.15) is 0 Å². The molecular weight excluding hydrogens is 386 g/mol. The molecule has 1 atom stereocenters. The SMILES string of the molecule is NC(=O)c1cc([C@@H]2CCN(Cc3cncn3Cc3ccccc3)C2)nc2ccccc12. The Morgan fingerprint density at radius 2 is 1.87 bits per heavy atom. The lowest BCUT2D eigenvalue weighted by Gasteiger charge is -2.18. The van der Waals surface area contributed by atoms with E-state index in [2.05, 4.69) is 38.7 Å². The maximum Gasteiger partial charge on any atom is 0.249 e. The molecule has 6 heteroatoms. The van der Waals surface area contributed by atoms with E-state index in [1.807, 2.05) is 48.9 Å². The zero-order chi connectivity index (χ0) is 21.2. The minimum atomic E-state index is -0.403. The normalized spacial score (nSPS) is 16.7. The first kappa shape index (κ1) is 19.5. The smallest absolute Gasteiger partial charge is 0.249 e. The highest BCUT2D eigenvalue weighted by atomic mass is 16.1. The number of para-hydroxylation sites is 1. The van der Waals surface area contributed by atoms with Crippen molar-refractivity contribution in [3.05, 3.63) is 95.7 Å². The van der Waals surface area contributed by atoms with Crippen LogP contribution < -0.4 is 5.73 Å². The van der Waals surface area contributed by atoms with Crippen molar-refractivity contribution in [3.8, 4) is 0 Å². The molecule has 3 heterocycles. The summed E-state index contributed by atoms with van der Waals surface area (Å²) >= 11 is 0. The molecular formula is C25H25N5O. The number of hydrogen-bond acceptors (Lipinski definition) is 4. The van der Waals surface area contributed by atoms with Crippen LogP contribution in [0.25, 0.3) is 10.9 Å². The Balaban J connectivity index is 1.33. The first-order chi connectivity index (χ1) is 15.2. The summed E-state index contributed by atoms with van der Waals surface area (Å²) in [6.07, 6.45) is 4.87. The van der Waals surface area contributed by atoms with Gasteiger partial charge in [-0.1, -0.05) is 48.5 Å². The summed E-state index contributed by atoms with van der Waals surface area (Å²) in [6, 6.07) is 20.0. The van der Waals surface area contributed by atoms with Crippen molar-refractivity contribution in [2.75, 3.05) is 13.1 Å². The van der Waals surface area contributed by atoms with Crippen LogP contribution in [-0.2, 0) is 13.1 Å². The van der Waals surface area contributed by atoms with Gasteiger partial charge in [0.25, 0.3) is 0 Å². The molecule has 31 heavy (non-hydrogen) atoms. The molecule has 1 aliphatic heterocycles. The number of rotatable bonds is 6. The van der Waals surface area contributed by atoms with Crippen LogP contribution in [0.2, 0.25) is 0 Å². The third-order valence-corrected chi connectivity index (χ3v) is 6.07. The predicted octanol–water partition coefficient (Wildman–Crippen LogP) is 3.57. The van der Waals surface area contributed by atoms with Crippen LogP contribution in [0.1, 0.15) is 39.6 Å². The summed E-state index contributed by atoms with van der Waals surface area (Å²) in [7, 11) is 0. The lowest BCUT2D eigenvalue weighted by atomic mass is 9.99. The van der Waals surface area contributed by atoms with Crippen molar-refractivity contribution < 1.29 is 4.79 Å². The lowest BCUT2D eigenvalue weighted by Crippen LogP contribution is -2.22. The molecule has 6 nitrogen and oxygen atoms in total. The number of nitrogens with two attached hydrogens (primary N) is 1. The highest BCUT2D eigenvalue weighted by Gasteiger charge is 2.27. The van der Waals surface area contributed by atoms with Crippen LogP contribution >= 0.6 is 0 Å². The van der Waals surface area contributed by atoms with Crippen LogP contribution in [0.3, 0.4) is 0 Å². The fourth-order valence-electron chi connectivity index (χ4n) is 4.46. The van der Waals surface area contributed by atoms with Crippen molar-refractivity contribution in [1.82, 2.24) is 19.4 Å². The molecule has 0 radical (unpaired) electrons. The Morgan fingerprint density at radius 1 is 1.06 bits per heavy atom. The maximum absolute atomic E-state index is 12.0. The van der Waals surface area contributed by atoms with Crippen LogP contribution in [0.5, 0.6) is 0 Å². The first-order valence-electron chi connectivity index (χ1n) is 10.6. The van der Waals surface area contributed by atoms with Gasteiger partial charge < -0.3 is 10.3 Å². The van der Waals surface area contributed by atoms with E-state index >= 15 is 0 Å². The van der Waals surface area contributed by atoms with E-state index in [4.69, 9.17) is 10.7 Å². The molecule has 5 rings (SSSR count). The average molecular weight is 412 g/mol. The van der Waals surface area contributed by atoms with Crippen molar-refractivity contribution >= 4 is 16.8 Å². The van der Waals surface area contributed by atoms with Gasteiger partial charge in [-0.25, -0.2) is 4.98 Å². The molecule has 2 N–H and O–H groups in total. The number of likely N-dealkylation sites (tertiary alicyclic amines) is 1. The van der Waals surface area contributed by atoms with Gasteiger partial charge in [0.1, 0.15) is 0 Å². The molecule has 1 amide bonds. The summed E-state index contributed by atoms with van der Waals surface area (Å²) in [4.78, 5) is 23.7. The number of primary amides is 1. The van der Waals surface area contributed by atoms with Gasteiger partial charge in [0.05, 0.1) is 23.1 Å². The van der Waals surface area contributed by atoms with Gasteiger partial charge in [-0.05, 0) is 30.7 Å². The highest BCUT2D eigenvalue weighted by molar-refractivity contribution is 6.05. The number of nitrogens with zero attached hydrogens (tertiary/aromatic N) is 4. The van der Waals surface area contributed by atoms with Gasteiger partial charge in [0.15, 0.2) is 0 Å². The standard InChI is InChI=1S/C25H25N5O/c26-25(31)22-12-24(28-23-9-5-4-8-21(22)23)19-10-11-29(15-19)16-20-13-27-17-30(20)14-18-6-2-1-3-7-18/h1-9,12-13,17,19H,10-11,14-16H2,(H2,26,31)/t19-/m1/s1. The molecule has 0 spiro atoms. The third kappa shape index (κ3) is 4.07. The molecule has 1 fully saturated rings. The van der Waals surface area contributed by atoms with Gasteiger partial charge >= 0.3 is 0 Å². The highest BCUT2D eigenvalue weighted by Crippen LogP contribution is 2.30. The largest absolute Gasteiger partial charge is 0.366 e. The molecule has 2 aromatic heterocycles. The second-order valence-electron chi connectivity index (χ2n) is 8.20. The van der Waals surface area contributed by atoms with Crippen LogP contribution in [-0.4, -0.2) is 38.4 Å². The van der Waals surface area contributed by atoms with Crippen LogP contribution in [0.15, 0.2) is 73.2 Å². The van der Waals surface area contributed by atoms with Gasteiger partial charge in [0, 0.05) is 42.8 Å². The summed E-state index contributed by atoms with van der Waals surface area (Å²) in [5.74, 6) is -0.118. The van der Waals surface area contributed by atoms with E-state index in [0.717, 1.165) is 49.2 Å². The summed E-state index contributed by atoms with van der Waals surface area (Å²) in [5, 5.41) is 0.818. The molecule has 1 saturated heterocycles. The fraction of sp³-hybridized carbons (Fsp3) is 0.240. The Kier molecular flexibility index (Phi) is 5.22. The first-order valence-corrected chi connectivity index (χ1v) is 10.6. The molecule has 156 valence electrons. The Morgan fingerprint density at radius 3 is 2.71 bits per heavy atom. The molecule has 0 saturated carbocycles. The lowest BCUT2D eigenvalue weighted by molar-refractivity contribution is 0.100. The summed E-state index contributed by atoms with van der Waals surface area (Å²) in [5.41, 5.74) is 10.5. The number of fused-ring (bicyclic) bond motifs is 1. The Hall–Kier alpha value is -3.51. The van der Waals surface area contributed by atoms with E-state index in [1.165, 1.54) is 11.3 Å². The molecule has 0 aliphatic carbocycles. The summed E-state index contributed by atoms with van der Waals surface area (Å²) in [6.45, 7) is 3.56. The number of carbonyl (C=O) groups excluding carboxylic acids is 1. The quantitative estimate of drug-likeness (QED) is 0.526. The number of carbonyl (C=O) groups is 1. The molecule has 0 unspecified atom stereocenters. The van der Waals surface area contributed by atoms with Crippen molar-refractivity contribution in [2.45, 2.75) is 25.4 Å². The van der Waals surface area contributed by atoms with Crippen molar-refractivity contribution in [2.24, 2.45) is 5.73 Å². The Bertz CT molecular complexity index is 1220. The Labute approximate surface area is 181 Å². The van der Waals surface area contributed by atoms with E-state index < -0.39 is 5.91 Å². The number of imidazole rings is 1. The van der Waals surface area contributed by atoms with E-state index in [0.29, 0.717) is 5.56 Å². The number of pyridine rings is 1. The van der Waals surface area contributed by atoms with Crippen LogP contribution in [0, 0.1) is 0 Å².